The zero-order chi connectivity index (χ0) is 25.0. The van der Waals surface area contributed by atoms with Crippen LogP contribution in [0.3, 0.4) is 0 Å². The highest BCUT2D eigenvalue weighted by Crippen LogP contribution is 2.11. The first kappa shape index (κ1) is 29.7. The van der Waals surface area contributed by atoms with Gasteiger partial charge >= 0.3 is 11.9 Å². The highest BCUT2D eigenvalue weighted by atomic mass is 32.2. The van der Waals surface area contributed by atoms with Crippen molar-refractivity contribution in [1.29, 1.82) is 0 Å². The van der Waals surface area contributed by atoms with Crippen molar-refractivity contribution in [3.8, 4) is 0 Å². The van der Waals surface area contributed by atoms with Crippen LogP contribution in [0.15, 0.2) is 0 Å². The molecule has 12 heteroatoms. The van der Waals surface area contributed by atoms with E-state index in [0.29, 0.717) is 18.6 Å². The maximum atomic E-state index is 13.0. The van der Waals surface area contributed by atoms with Crippen LogP contribution in [0.2, 0.25) is 0 Å². The predicted octanol–water partition coefficient (Wildman–Crippen LogP) is -0.217. The van der Waals surface area contributed by atoms with Crippen LogP contribution in [-0.2, 0) is 24.0 Å². The van der Waals surface area contributed by atoms with Crippen molar-refractivity contribution in [2.75, 3.05) is 12.0 Å². The molecule has 0 aromatic carbocycles. The van der Waals surface area contributed by atoms with Crippen LogP contribution < -0.4 is 21.7 Å². The first-order valence-electron chi connectivity index (χ1n) is 10.5. The fraction of sp³-hybridized carbons (Fsp3) is 0.750. The summed E-state index contributed by atoms with van der Waals surface area (Å²) in [7, 11) is 0. The van der Waals surface area contributed by atoms with Crippen molar-refractivity contribution in [2.45, 2.75) is 71.1 Å². The zero-order valence-corrected chi connectivity index (χ0v) is 20.0. The summed E-state index contributed by atoms with van der Waals surface area (Å²) in [6.45, 7) is 6.91. The predicted molar refractivity (Wildman–Crippen MR) is 121 cm³/mol. The number of carbonyl (C=O) groups excluding carboxylic acids is 3. The summed E-state index contributed by atoms with van der Waals surface area (Å²) < 4.78 is 0. The maximum absolute atomic E-state index is 13.0. The lowest BCUT2D eigenvalue weighted by Gasteiger charge is -2.29. The van der Waals surface area contributed by atoms with Gasteiger partial charge in [0.05, 0.1) is 12.5 Å². The number of thioether (sulfide) groups is 1. The number of amides is 3. The van der Waals surface area contributed by atoms with E-state index < -0.39 is 66.2 Å². The fourth-order valence-electron chi connectivity index (χ4n) is 2.75. The SMILES string of the molecule is CCC(C)C(NC(=O)C(N)CCSC)C(=O)NC(C(=O)NC(CC(=O)O)C(=O)O)C(C)C. The topological polar surface area (TPSA) is 188 Å². The van der Waals surface area contributed by atoms with Gasteiger partial charge in [-0.25, -0.2) is 4.79 Å². The molecule has 0 fully saturated rings. The van der Waals surface area contributed by atoms with Gasteiger partial charge in [-0.2, -0.15) is 11.8 Å². The Morgan fingerprint density at radius 1 is 0.906 bits per heavy atom. The number of nitrogens with two attached hydrogens (primary N) is 1. The van der Waals surface area contributed by atoms with E-state index in [4.69, 9.17) is 15.9 Å². The van der Waals surface area contributed by atoms with Crippen molar-refractivity contribution in [3.05, 3.63) is 0 Å². The second kappa shape index (κ2) is 14.7. The number of nitrogens with one attached hydrogen (secondary N) is 3. The normalized spacial score (nSPS) is 15.7. The van der Waals surface area contributed by atoms with Gasteiger partial charge in [0.25, 0.3) is 0 Å². The minimum absolute atomic E-state index is 0.263. The molecule has 11 nitrogen and oxygen atoms in total. The number of carboxylic acids is 2. The molecule has 184 valence electrons. The van der Waals surface area contributed by atoms with Gasteiger partial charge < -0.3 is 31.9 Å². The standard InChI is InChI=1S/C20H36N4O7S/c1-6-11(4)16(24-17(27)12(21)7-8-32-5)19(29)23-15(10(2)3)18(28)22-13(20(30)31)9-14(25)26/h10-13,15-16H,6-9,21H2,1-5H3,(H,22,28)(H,23,29)(H,24,27)(H,25,26)(H,30,31). The molecule has 0 rings (SSSR count). The average Bonchev–Trinajstić information content (AvgIpc) is 2.71. The van der Waals surface area contributed by atoms with E-state index in [1.807, 2.05) is 13.2 Å². The molecule has 0 aliphatic heterocycles. The maximum Gasteiger partial charge on any atom is 0.326 e. The monoisotopic (exact) mass is 476 g/mol. The van der Waals surface area contributed by atoms with E-state index in [-0.39, 0.29) is 5.92 Å². The molecule has 0 aliphatic rings. The molecular weight excluding hydrogens is 440 g/mol. The minimum atomic E-state index is -1.64. The Bertz CT molecular complexity index is 674. The highest BCUT2D eigenvalue weighted by molar-refractivity contribution is 7.98. The summed E-state index contributed by atoms with van der Waals surface area (Å²) >= 11 is 1.55. The molecule has 0 heterocycles. The Morgan fingerprint density at radius 3 is 1.88 bits per heavy atom. The van der Waals surface area contributed by atoms with Gasteiger partial charge in [-0.15, -0.1) is 0 Å². The summed E-state index contributed by atoms with van der Waals surface area (Å²) in [6.07, 6.45) is 2.09. The molecule has 7 N–H and O–H groups in total. The summed E-state index contributed by atoms with van der Waals surface area (Å²) in [5, 5.41) is 25.4. The molecule has 32 heavy (non-hydrogen) atoms. The van der Waals surface area contributed by atoms with Gasteiger partial charge in [-0.1, -0.05) is 34.1 Å². The third kappa shape index (κ3) is 10.3. The molecule has 0 radical (unpaired) electrons. The number of hydrogen-bond acceptors (Lipinski definition) is 7. The van der Waals surface area contributed by atoms with Crippen LogP contribution in [0.1, 0.15) is 47.0 Å². The minimum Gasteiger partial charge on any atom is -0.481 e. The first-order chi connectivity index (χ1) is 14.8. The van der Waals surface area contributed by atoms with E-state index in [0.717, 1.165) is 0 Å². The number of hydrogen-bond donors (Lipinski definition) is 6. The lowest BCUT2D eigenvalue weighted by atomic mass is 9.96. The molecule has 5 unspecified atom stereocenters. The van der Waals surface area contributed by atoms with Crippen LogP contribution in [-0.4, -0.2) is 76.0 Å². The molecule has 0 saturated carbocycles. The van der Waals surface area contributed by atoms with Crippen LogP contribution in [0.4, 0.5) is 0 Å². The van der Waals surface area contributed by atoms with Crippen molar-refractivity contribution in [3.63, 3.8) is 0 Å². The molecule has 0 aromatic rings. The van der Waals surface area contributed by atoms with Crippen LogP contribution in [0.25, 0.3) is 0 Å². The van der Waals surface area contributed by atoms with Gasteiger partial charge in [0, 0.05) is 0 Å². The number of rotatable bonds is 15. The Balaban J connectivity index is 5.44. The number of carbonyl (C=O) groups is 5. The summed E-state index contributed by atoms with van der Waals surface area (Å²) in [5.74, 6) is -4.81. The van der Waals surface area contributed by atoms with E-state index in [9.17, 15) is 24.0 Å². The Labute approximate surface area is 192 Å². The molecule has 0 aromatic heterocycles. The van der Waals surface area contributed by atoms with Crippen molar-refractivity contribution in [2.24, 2.45) is 17.6 Å². The summed E-state index contributed by atoms with van der Waals surface area (Å²) in [4.78, 5) is 60.2. The van der Waals surface area contributed by atoms with Crippen molar-refractivity contribution >= 4 is 41.4 Å². The number of carboxylic acid groups (broad SMARTS) is 2. The van der Waals surface area contributed by atoms with E-state index in [1.165, 1.54) is 0 Å². The van der Waals surface area contributed by atoms with Gasteiger partial charge in [0.1, 0.15) is 18.1 Å². The van der Waals surface area contributed by atoms with Gasteiger partial charge in [-0.3, -0.25) is 19.2 Å². The Hall–Kier alpha value is -2.34. The average molecular weight is 477 g/mol. The van der Waals surface area contributed by atoms with E-state index in [1.54, 1.807) is 32.5 Å². The molecule has 0 saturated heterocycles. The largest absolute Gasteiger partial charge is 0.481 e. The zero-order valence-electron chi connectivity index (χ0n) is 19.2. The third-order valence-corrected chi connectivity index (χ3v) is 5.65. The summed E-state index contributed by atoms with van der Waals surface area (Å²) in [6, 6.07) is -4.50. The van der Waals surface area contributed by atoms with Crippen LogP contribution in [0, 0.1) is 11.8 Å². The number of aliphatic carboxylic acids is 2. The van der Waals surface area contributed by atoms with Crippen molar-refractivity contribution < 1.29 is 34.2 Å². The Morgan fingerprint density at radius 2 is 1.44 bits per heavy atom. The quantitative estimate of drug-likeness (QED) is 0.186. The van der Waals surface area contributed by atoms with Crippen LogP contribution >= 0.6 is 11.8 Å². The van der Waals surface area contributed by atoms with Gasteiger partial charge in [0.15, 0.2) is 0 Å². The van der Waals surface area contributed by atoms with Crippen LogP contribution in [0.5, 0.6) is 0 Å². The van der Waals surface area contributed by atoms with E-state index in [2.05, 4.69) is 16.0 Å². The third-order valence-electron chi connectivity index (χ3n) is 5.00. The fourth-order valence-corrected chi connectivity index (χ4v) is 3.24. The molecular formula is C20H36N4O7S. The van der Waals surface area contributed by atoms with Gasteiger partial charge in [0.2, 0.25) is 17.7 Å². The lowest BCUT2D eigenvalue weighted by Crippen LogP contribution is -2.59. The smallest absolute Gasteiger partial charge is 0.326 e. The summed E-state index contributed by atoms with van der Waals surface area (Å²) in [5.41, 5.74) is 5.89. The molecule has 0 aliphatic carbocycles. The lowest BCUT2D eigenvalue weighted by molar-refractivity contribution is -0.147. The molecule has 0 spiro atoms. The van der Waals surface area contributed by atoms with E-state index >= 15 is 0 Å². The van der Waals surface area contributed by atoms with Gasteiger partial charge in [-0.05, 0) is 30.3 Å². The molecule has 0 bridgehead atoms. The highest BCUT2D eigenvalue weighted by Gasteiger charge is 2.34. The second-order valence-corrected chi connectivity index (χ2v) is 8.97. The van der Waals surface area contributed by atoms with Crippen molar-refractivity contribution in [1.82, 2.24) is 16.0 Å². The Kier molecular flexibility index (Phi) is 13.6. The molecule has 5 atom stereocenters. The first-order valence-corrected chi connectivity index (χ1v) is 11.8. The molecule has 3 amide bonds. The second-order valence-electron chi connectivity index (χ2n) is 7.99.